The van der Waals surface area contributed by atoms with Crippen molar-refractivity contribution < 1.29 is 0 Å². The van der Waals surface area contributed by atoms with Gasteiger partial charge in [-0.25, -0.2) is 0 Å². The summed E-state index contributed by atoms with van der Waals surface area (Å²) in [6.45, 7) is 2.14. The zero-order chi connectivity index (χ0) is 18.4. The molecule has 2 aromatic carbocycles. The highest BCUT2D eigenvalue weighted by Crippen LogP contribution is 2.32. The van der Waals surface area contributed by atoms with Gasteiger partial charge in [-0.1, -0.05) is 63.3 Å². The minimum Gasteiger partial charge on any atom is -0.256 e. The molecule has 0 fully saturated rings. The van der Waals surface area contributed by atoms with Crippen LogP contribution in [0.15, 0.2) is 48.7 Å². The van der Waals surface area contributed by atoms with E-state index in [2.05, 4.69) is 96.5 Å². The van der Waals surface area contributed by atoms with Crippen molar-refractivity contribution in [3.8, 4) is 11.3 Å². The fourth-order valence-electron chi connectivity index (χ4n) is 3.16. The van der Waals surface area contributed by atoms with Crippen molar-refractivity contribution in [1.82, 2.24) is 4.98 Å². The zero-order valence-electron chi connectivity index (χ0n) is 16.6. The van der Waals surface area contributed by atoms with Crippen LogP contribution in [0.3, 0.4) is 0 Å². The average molecular weight is 318 g/mol. The summed E-state index contributed by atoms with van der Waals surface area (Å²) in [6.07, 6.45) is 1.93. The maximum absolute atomic E-state index is 4.75. The summed E-state index contributed by atoms with van der Waals surface area (Å²) < 4.78 is 0. The number of benzene rings is 2. The molecular formula is C18H23B6N. The summed E-state index contributed by atoms with van der Waals surface area (Å²) in [5.74, 6) is 0. The van der Waals surface area contributed by atoms with Gasteiger partial charge in [0.25, 0.3) is 0 Å². The van der Waals surface area contributed by atoms with Gasteiger partial charge in [0.15, 0.2) is 0 Å². The molecule has 3 rings (SSSR count). The van der Waals surface area contributed by atoms with Gasteiger partial charge in [-0.2, -0.15) is 0 Å². The van der Waals surface area contributed by atoms with Gasteiger partial charge >= 0.3 is 0 Å². The van der Waals surface area contributed by atoms with Crippen molar-refractivity contribution in [2.45, 2.75) is 17.1 Å². The zero-order valence-corrected chi connectivity index (χ0v) is 16.6. The number of hydrogen-bond acceptors (Lipinski definition) is 1. The Bertz CT molecular complexity index is 908. The van der Waals surface area contributed by atoms with Gasteiger partial charge in [-0.3, -0.25) is 4.98 Å². The van der Waals surface area contributed by atoms with E-state index in [1.807, 2.05) is 6.20 Å². The molecule has 0 aliphatic carbocycles. The van der Waals surface area contributed by atoms with Crippen LogP contribution in [0.1, 0.15) is 16.7 Å². The molecule has 0 aliphatic heterocycles. The second-order valence-corrected chi connectivity index (χ2v) is 9.18. The van der Waals surface area contributed by atoms with E-state index in [4.69, 9.17) is 4.98 Å². The lowest BCUT2D eigenvalue weighted by Crippen LogP contribution is -2.30. The predicted molar refractivity (Wildman–Crippen MR) is 127 cm³/mol. The molecule has 0 saturated carbocycles. The summed E-state index contributed by atoms with van der Waals surface area (Å²) in [4.78, 5) is 4.75. The summed E-state index contributed by atoms with van der Waals surface area (Å²) >= 11 is 0. The van der Waals surface area contributed by atoms with E-state index in [1.165, 1.54) is 33.0 Å². The molecule has 118 valence electrons. The highest BCUT2D eigenvalue weighted by atomic mass is 14.7. The van der Waals surface area contributed by atoms with Crippen molar-refractivity contribution in [1.29, 1.82) is 0 Å². The number of rotatable bonds is 3. The van der Waals surface area contributed by atoms with Crippen LogP contribution in [0.5, 0.6) is 0 Å². The van der Waals surface area contributed by atoms with Gasteiger partial charge in [0.1, 0.15) is 0 Å². The highest BCUT2D eigenvalue weighted by molar-refractivity contribution is 6.60. The molecule has 0 unspecified atom stereocenters. The highest BCUT2D eigenvalue weighted by Gasteiger charge is 2.21. The lowest BCUT2D eigenvalue weighted by atomic mass is 9.37. The molecule has 0 amide bonds. The molecule has 1 heterocycles. The minimum atomic E-state index is 0.108. The second-order valence-electron chi connectivity index (χ2n) is 9.18. The monoisotopic (exact) mass is 319 g/mol. The first-order valence-electron chi connectivity index (χ1n) is 9.07. The lowest BCUT2D eigenvalue weighted by molar-refractivity contribution is 1.16. The molecule has 0 aliphatic rings. The van der Waals surface area contributed by atoms with E-state index < -0.39 is 0 Å². The number of hydrogen-bond donors (Lipinski definition) is 0. The number of fused-ring (bicyclic) bond motifs is 1. The lowest BCUT2D eigenvalue weighted by Gasteiger charge is -2.26. The quantitative estimate of drug-likeness (QED) is 0.521. The molecule has 0 N–H and O–H groups in total. The summed E-state index contributed by atoms with van der Waals surface area (Å²) in [5, 5.41) is 2.69. The van der Waals surface area contributed by atoms with Crippen LogP contribution < -0.4 is 0 Å². The molecule has 3 aromatic rings. The Morgan fingerprint density at radius 1 is 0.760 bits per heavy atom. The van der Waals surface area contributed by atoms with Gasteiger partial charge in [0, 0.05) is 17.1 Å². The summed E-state index contributed by atoms with van der Waals surface area (Å²) in [5.41, 5.74) is 6.30. The van der Waals surface area contributed by atoms with Gasteiger partial charge in [-0.15, -0.1) is 0 Å². The third-order valence-electron chi connectivity index (χ3n) is 4.86. The topological polar surface area (TPSA) is 12.9 Å². The number of aromatic nitrogens is 1. The SMILES string of the molecule is BC(B)(B)c1cc(-c2nccc3cc(C)ccc23)cc(C(B)(B)B)c1. The molecule has 0 saturated heterocycles. The standard InChI is InChI=1S/C18H23B6N/c1-10-2-3-15-11(6-10)4-5-25-16(15)12-7-13(17(19,20)21)9-14(8-12)18(22,23)24/h2-9H,19-24H2,1H3. The Labute approximate surface area is 156 Å². The fourth-order valence-corrected chi connectivity index (χ4v) is 3.16. The molecule has 0 bridgehead atoms. The molecule has 0 spiro atoms. The first-order chi connectivity index (χ1) is 11.6. The van der Waals surface area contributed by atoms with E-state index >= 15 is 0 Å². The predicted octanol–water partition coefficient (Wildman–Crippen LogP) is -1.77. The minimum absolute atomic E-state index is 0.108. The number of pyridine rings is 1. The van der Waals surface area contributed by atoms with Crippen LogP contribution in [0.2, 0.25) is 0 Å². The van der Waals surface area contributed by atoms with Crippen molar-refractivity contribution in [2.75, 3.05) is 0 Å². The van der Waals surface area contributed by atoms with Crippen molar-refractivity contribution >= 4 is 57.9 Å². The Morgan fingerprint density at radius 2 is 1.36 bits per heavy atom. The first-order valence-corrected chi connectivity index (χ1v) is 9.07. The van der Waals surface area contributed by atoms with Crippen LogP contribution >= 0.6 is 0 Å². The number of nitrogens with zero attached hydrogens (tertiary/aromatic N) is 1. The van der Waals surface area contributed by atoms with Gasteiger partial charge < -0.3 is 0 Å². The van der Waals surface area contributed by atoms with Crippen LogP contribution in [0, 0.1) is 6.92 Å². The second kappa shape index (κ2) is 6.20. The first kappa shape index (κ1) is 18.0. The van der Waals surface area contributed by atoms with Crippen molar-refractivity contribution in [3.63, 3.8) is 0 Å². The maximum atomic E-state index is 4.75. The molecule has 7 heteroatoms. The molecule has 0 radical (unpaired) electrons. The van der Waals surface area contributed by atoms with E-state index in [0.29, 0.717) is 0 Å². The normalized spacial score (nSPS) is 12.4. The Balaban J connectivity index is 2.30. The Kier molecular flexibility index (Phi) is 4.47. The third kappa shape index (κ3) is 3.76. The average Bonchev–Trinajstić information content (AvgIpc) is 2.52. The summed E-state index contributed by atoms with van der Waals surface area (Å²) in [7, 11) is 13.7. The van der Waals surface area contributed by atoms with E-state index in [1.54, 1.807) is 0 Å². The van der Waals surface area contributed by atoms with Gasteiger partial charge in [-0.05, 0) is 18.4 Å². The molecule has 1 nitrogen and oxygen atoms in total. The van der Waals surface area contributed by atoms with Gasteiger partial charge in [0.05, 0.1) is 52.8 Å². The smallest absolute Gasteiger partial charge is 0.0955 e. The maximum Gasteiger partial charge on any atom is 0.0955 e. The Hall–Kier alpha value is -1.76. The van der Waals surface area contributed by atoms with Crippen LogP contribution in [-0.2, 0) is 10.2 Å². The van der Waals surface area contributed by atoms with E-state index in [-0.39, 0.29) is 10.2 Å². The van der Waals surface area contributed by atoms with Crippen LogP contribution in [0.25, 0.3) is 22.0 Å². The molecule has 25 heavy (non-hydrogen) atoms. The van der Waals surface area contributed by atoms with E-state index in [0.717, 1.165) is 5.69 Å². The number of aryl methyl sites for hydroxylation is 1. The van der Waals surface area contributed by atoms with Crippen molar-refractivity contribution in [3.05, 3.63) is 65.4 Å². The fraction of sp³-hybridized carbons (Fsp3) is 0.167. The Morgan fingerprint density at radius 3 is 1.92 bits per heavy atom. The molecule has 0 atom stereocenters. The largest absolute Gasteiger partial charge is 0.256 e. The molecule has 1 aromatic heterocycles. The van der Waals surface area contributed by atoms with Crippen LogP contribution in [-0.4, -0.2) is 52.1 Å². The van der Waals surface area contributed by atoms with E-state index in [9.17, 15) is 0 Å². The summed E-state index contributed by atoms with van der Waals surface area (Å²) in [6, 6.07) is 15.7. The van der Waals surface area contributed by atoms with Crippen molar-refractivity contribution in [2.24, 2.45) is 0 Å². The van der Waals surface area contributed by atoms with Gasteiger partial charge in [0.2, 0.25) is 0 Å². The van der Waals surface area contributed by atoms with Crippen LogP contribution in [0.4, 0.5) is 0 Å². The molecular weight excluding hydrogens is 295 g/mol. The third-order valence-corrected chi connectivity index (χ3v) is 4.86.